The smallest absolute Gasteiger partial charge is 0.140 e. The number of terminal acetylenes is 1. The maximum Gasteiger partial charge on any atom is 0.140 e. The van der Waals surface area contributed by atoms with Crippen LogP contribution in [-0.2, 0) is 11.8 Å². The van der Waals surface area contributed by atoms with Crippen molar-refractivity contribution in [1.29, 1.82) is 0 Å². The Morgan fingerprint density at radius 2 is 0.792 bits per heavy atom. The SMILES string of the molecule is C#CC#CC#CC#CC#COc1ccc2c(-c3ccc4cc(N(c5ccc(C)cc5)c5ccc(-c6ccc7c(c6)C(CCCCCCCC)(CCCCCCCC)c6cc(C)ccc6-7)cc5)ccc4c3)c3cc(OCCCCCCCCCC)ccc3c(-c3ccc4cc(CCCCCC)ccc4c3)c2c1. The molecular weight excluding hydrogens is 1280 g/mol. The highest BCUT2D eigenvalue weighted by Crippen LogP contribution is 2.56. The molecule has 0 aliphatic heterocycles. The maximum atomic E-state index is 6.76. The average Bonchev–Trinajstić information content (AvgIpc) is 1.44. The number of hydrogen-bond donors (Lipinski definition) is 0. The zero-order valence-corrected chi connectivity index (χ0v) is 64.1. The molecule has 11 aromatic rings. The van der Waals surface area contributed by atoms with Gasteiger partial charge in [0.15, 0.2) is 0 Å². The van der Waals surface area contributed by atoms with Gasteiger partial charge in [0.05, 0.1) is 6.61 Å². The number of nitrogens with zero attached hydrogens (tertiary/aromatic N) is 1. The Bertz CT molecular complexity index is 5130. The van der Waals surface area contributed by atoms with Crippen LogP contribution in [0.1, 0.15) is 222 Å². The molecule has 0 aromatic heterocycles. The minimum atomic E-state index is 0.0121. The van der Waals surface area contributed by atoms with Crippen molar-refractivity contribution in [3.8, 4) is 116 Å². The number of hydrogen-bond acceptors (Lipinski definition) is 3. The second-order valence-corrected chi connectivity index (χ2v) is 29.8. The van der Waals surface area contributed by atoms with E-state index in [0.29, 0.717) is 12.4 Å². The molecule has 0 unspecified atom stereocenters. The molecule has 0 amide bonds. The van der Waals surface area contributed by atoms with Gasteiger partial charge < -0.3 is 14.4 Å². The first-order valence-corrected chi connectivity index (χ1v) is 40.3. The second kappa shape index (κ2) is 38.1. The van der Waals surface area contributed by atoms with Crippen molar-refractivity contribution in [1.82, 2.24) is 0 Å². The van der Waals surface area contributed by atoms with E-state index >= 15 is 0 Å². The van der Waals surface area contributed by atoms with Crippen LogP contribution in [0.3, 0.4) is 0 Å². The molecule has 0 N–H and O–H groups in total. The minimum absolute atomic E-state index is 0.0121. The highest BCUT2D eigenvalue weighted by molar-refractivity contribution is 6.22. The maximum absolute atomic E-state index is 6.76. The summed E-state index contributed by atoms with van der Waals surface area (Å²) in [6, 6.07) is 74.2. The summed E-state index contributed by atoms with van der Waals surface area (Å²) in [6.45, 7) is 14.3. The average molecular weight is 1390 g/mol. The van der Waals surface area contributed by atoms with Crippen molar-refractivity contribution in [2.45, 2.75) is 220 Å². The van der Waals surface area contributed by atoms with Gasteiger partial charge in [-0.05, 0) is 259 Å². The fraction of sp³-hybridized carbons (Fsp3) is 0.340. The van der Waals surface area contributed by atoms with Gasteiger partial charge in [-0.3, -0.25) is 0 Å². The van der Waals surface area contributed by atoms with Gasteiger partial charge in [-0.1, -0.05) is 289 Å². The third-order valence-corrected chi connectivity index (χ3v) is 22.1. The summed E-state index contributed by atoms with van der Waals surface area (Å²) in [4.78, 5) is 2.42. The first-order chi connectivity index (χ1) is 52.2. The third-order valence-electron chi connectivity index (χ3n) is 22.1. The van der Waals surface area contributed by atoms with Crippen LogP contribution in [0.25, 0.3) is 87.6 Å². The number of unbranched alkanes of at least 4 members (excludes halogenated alkanes) is 20. The molecule has 3 heteroatoms. The quantitative estimate of drug-likeness (QED) is 0.0222. The molecule has 11 aromatic carbocycles. The number of fused-ring (bicyclic) bond motifs is 7. The van der Waals surface area contributed by atoms with Crippen LogP contribution in [0.15, 0.2) is 194 Å². The summed E-state index contributed by atoms with van der Waals surface area (Å²) < 4.78 is 13.0. The summed E-state index contributed by atoms with van der Waals surface area (Å²) >= 11 is 0. The number of anilines is 3. The van der Waals surface area contributed by atoms with Gasteiger partial charge in [0.25, 0.3) is 0 Å². The number of ether oxygens (including phenoxy) is 2. The van der Waals surface area contributed by atoms with Gasteiger partial charge in [-0.2, -0.15) is 0 Å². The van der Waals surface area contributed by atoms with Crippen molar-refractivity contribution < 1.29 is 9.47 Å². The normalized spacial score (nSPS) is 11.7. The summed E-state index contributed by atoms with van der Waals surface area (Å²) in [6.07, 6.45) is 42.2. The Morgan fingerprint density at radius 3 is 1.41 bits per heavy atom. The lowest BCUT2D eigenvalue weighted by atomic mass is 9.70. The molecule has 0 radical (unpaired) electrons. The van der Waals surface area contributed by atoms with Gasteiger partial charge in [-0.15, -0.1) is 6.42 Å². The first kappa shape index (κ1) is 75.3. The summed E-state index contributed by atoms with van der Waals surface area (Å²) in [5.41, 5.74) is 20.3. The van der Waals surface area contributed by atoms with E-state index in [-0.39, 0.29) is 5.41 Å². The molecule has 106 heavy (non-hydrogen) atoms. The third kappa shape index (κ3) is 18.6. The van der Waals surface area contributed by atoms with Crippen LogP contribution in [0, 0.1) is 73.7 Å². The van der Waals surface area contributed by atoms with Crippen LogP contribution in [0.4, 0.5) is 17.1 Å². The first-order valence-electron chi connectivity index (χ1n) is 40.3. The molecule has 536 valence electrons. The lowest BCUT2D eigenvalue weighted by molar-refractivity contribution is 0.304. The fourth-order valence-corrected chi connectivity index (χ4v) is 16.4. The van der Waals surface area contributed by atoms with E-state index in [1.165, 1.54) is 210 Å². The lowest BCUT2D eigenvalue weighted by Crippen LogP contribution is -2.25. The van der Waals surface area contributed by atoms with Crippen LogP contribution in [0.5, 0.6) is 11.5 Å². The Balaban J connectivity index is 0.920. The predicted molar refractivity (Wildman–Crippen MR) is 456 cm³/mol. The number of benzene rings is 11. The molecular formula is C103H107NO2. The Labute approximate surface area is 635 Å². The molecule has 12 rings (SSSR count). The number of rotatable bonds is 36. The Kier molecular flexibility index (Phi) is 27.1. The summed E-state index contributed by atoms with van der Waals surface area (Å²) in [5.74, 6) is 22.5. The van der Waals surface area contributed by atoms with E-state index in [4.69, 9.17) is 15.9 Å². The van der Waals surface area contributed by atoms with Crippen LogP contribution in [-0.4, -0.2) is 6.61 Å². The molecule has 1 aliphatic rings. The van der Waals surface area contributed by atoms with E-state index in [9.17, 15) is 0 Å². The Morgan fingerprint density at radius 1 is 0.340 bits per heavy atom. The monoisotopic (exact) mass is 1390 g/mol. The molecule has 1 aliphatic carbocycles. The largest absolute Gasteiger partial charge is 0.494 e. The standard InChI is InChI=1S/C103H107NO2/c1-8-13-18-23-27-29-33-38-67-105-91-60-64-96-97(75-91)101(86-48-46-81-70-79(40-35-22-17-12-5)44-45-82(81)71-86)95-63-59-92(106-68-39-34-30-28-24-19-14-9-2)76-98(95)102(96)87-49-47-84-73-90(58-52-83(84)72-87)104(88-54-41-77(6)42-55-88)89-56-50-80(51-57-89)85-53-62-94-93-61-43-78(7)69-99(93)103(100(94)74-85,65-36-31-25-20-15-10-3)66-37-32-26-21-16-11-4/h1,41-64,69-76H,9-12,14-17,19-22,24-26,28,30-32,34-37,39-40,65-66,68H2,2-7H3. The molecule has 0 spiro atoms. The van der Waals surface area contributed by atoms with Crippen LogP contribution in [0.2, 0.25) is 0 Å². The molecule has 0 saturated carbocycles. The Hall–Kier alpha value is -10.3. The van der Waals surface area contributed by atoms with E-state index in [1.54, 1.807) is 11.1 Å². The molecule has 3 nitrogen and oxygen atoms in total. The van der Waals surface area contributed by atoms with Gasteiger partial charge in [0.1, 0.15) is 17.6 Å². The van der Waals surface area contributed by atoms with Crippen LogP contribution < -0.4 is 14.4 Å². The predicted octanol–water partition coefficient (Wildman–Crippen LogP) is 28.8. The van der Waals surface area contributed by atoms with Gasteiger partial charge in [0.2, 0.25) is 0 Å². The van der Waals surface area contributed by atoms with Gasteiger partial charge in [0, 0.05) is 46.2 Å². The lowest BCUT2D eigenvalue weighted by Gasteiger charge is -2.33. The second-order valence-electron chi connectivity index (χ2n) is 29.8. The van der Waals surface area contributed by atoms with E-state index in [1.807, 2.05) is 6.07 Å². The topological polar surface area (TPSA) is 21.7 Å². The van der Waals surface area contributed by atoms with Crippen molar-refractivity contribution in [3.63, 3.8) is 0 Å². The van der Waals surface area contributed by atoms with Crippen molar-refractivity contribution in [3.05, 3.63) is 222 Å². The molecule has 0 fully saturated rings. The zero-order chi connectivity index (χ0) is 73.3. The van der Waals surface area contributed by atoms with E-state index < -0.39 is 0 Å². The van der Waals surface area contributed by atoms with Crippen molar-refractivity contribution in [2.75, 3.05) is 11.5 Å². The molecule has 0 saturated heterocycles. The summed E-state index contributed by atoms with van der Waals surface area (Å²) in [5, 5.41) is 9.15. The molecule has 0 bridgehead atoms. The van der Waals surface area contributed by atoms with E-state index in [2.05, 4.69) is 288 Å². The van der Waals surface area contributed by atoms with E-state index in [0.717, 1.165) is 90.2 Å². The fourth-order valence-electron chi connectivity index (χ4n) is 16.4. The zero-order valence-electron chi connectivity index (χ0n) is 64.1. The molecule has 0 atom stereocenters. The van der Waals surface area contributed by atoms with Gasteiger partial charge in [-0.25, -0.2) is 0 Å². The molecule has 0 heterocycles. The van der Waals surface area contributed by atoms with Crippen LogP contribution >= 0.6 is 0 Å². The summed E-state index contributed by atoms with van der Waals surface area (Å²) in [7, 11) is 0. The number of aryl methyl sites for hydroxylation is 3. The van der Waals surface area contributed by atoms with Crippen molar-refractivity contribution >= 4 is 60.2 Å². The highest BCUT2D eigenvalue weighted by Gasteiger charge is 2.42. The van der Waals surface area contributed by atoms with Crippen molar-refractivity contribution in [2.24, 2.45) is 0 Å². The highest BCUT2D eigenvalue weighted by atomic mass is 16.5. The van der Waals surface area contributed by atoms with Gasteiger partial charge >= 0.3 is 0 Å². The minimum Gasteiger partial charge on any atom is -0.494 e.